The van der Waals surface area contributed by atoms with Gasteiger partial charge in [0, 0.05) is 5.56 Å². The summed E-state index contributed by atoms with van der Waals surface area (Å²) >= 11 is 5.66. The number of aromatic hydroxyl groups is 1. The predicted octanol–water partition coefficient (Wildman–Crippen LogP) is 1.64. The highest BCUT2D eigenvalue weighted by atomic mass is 35.5. The molecule has 1 aromatic rings. The average Bonchev–Trinajstić information content (AvgIpc) is 2.18. The quantitative estimate of drug-likeness (QED) is 0.663. The Morgan fingerprint density at radius 3 is 2.80 bits per heavy atom. The minimum absolute atomic E-state index is 0.0481. The fourth-order valence-electron chi connectivity index (χ4n) is 1.59. The number of hydrogen-bond donors (Lipinski definition) is 2. The number of phenols is 1. The van der Waals surface area contributed by atoms with E-state index in [1.54, 1.807) is 6.92 Å². The molecule has 0 saturated heterocycles. The maximum atomic E-state index is 11.5. The molecule has 2 atom stereocenters. The highest BCUT2D eigenvalue weighted by Crippen LogP contribution is 2.38. The predicted molar refractivity (Wildman–Crippen MR) is 53.0 cm³/mol. The molecule has 1 aliphatic heterocycles. The van der Waals surface area contributed by atoms with Crippen LogP contribution in [0, 0.1) is 0 Å². The summed E-state index contributed by atoms with van der Waals surface area (Å²) in [5.41, 5.74) is 0.300. The maximum absolute atomic E-state index is 11.5. The third-order valence-corrected chi connectivity index (χ3v) is 2.73. The van der Waals surface area contributed by atoms with Crippen LogP contribution in [0.5, 0.6) is 5.75 Å². The van der Waals surface area contributed by atoms with Crippen LogP contribution < -0.4 is 0 Å². The molecule has 1 aliphatic rings. The second kappa shape index (κ2) is 3.40. The highest BCUT2D eigenvalue weighted by molar-refractivity contribution is 6.32. The van der Waals surface area contributed by atoms with Crippen LogP contribution in [0.2, 0.25) is 5.02 Å². The van der Waals surface area contributed by atoms with Gasteiger partial charge in [-0.25, -0.2) is 4.79 Å². The lowest BCUT2D eigenvalue weighted by Crippen LogP contribution is -2.29. The van der Waals surface area contributed by atoms with Crippen molar-refractivity contribution in [3.63, 3.8) is 0 Å². The number of halogens is 1. The van der Waals surface area contributed by atoms with Crippen LogP contribution in [-0.2, 0) is 4.74 Å². The summed E-state index contributed by atoms with van der Waals surface area (Å²) in [5.74, 6) is -1.01. The Balaban J connectivity index is 2.66. The molecule has 0 radical (unpaired) electrons. The van der Waals surface area contributed by atoms with E-state index in [-0.39, 0.29) is 16.3 Å². The Kier molecular flexibility index (Phi) is 2.32. The SMILES string of the molecule is CC1OC(=O)c2c(ccc(Cl)c2O)C1O. The van der Waals surface area contributed by atoms with E-state index in [9.17, 15) is 15.0 Å². The van der Waals surface area contributed by atoms with E-state index in [1.165, 1.54) is 12.1 Å². The van der Waals surface area contributed by atoms with Gasteiger partial charge in [-0.1, -0.05) is 17.7 Å². The van der Waals surface area contributed by atoms with Crippen LogP contribution in [0.15, 0.2) is 12.1 Å². The topological polar surface area (TPSA) is 66.8 Å². The molecule has 80 valence electrons. The van der Waals surface area contributed by atoms with E-state index in [0.717, 1.165) is 0 Å². The molecule has 5 heteroatoms. The number of aliphatic hydroxyl groups excluding tert-OH is 1. The van der Waals surface area contributed by atoms with Gasteiger partial charge in [0.1, 0.15) is 23.5 Å². The lowest BCUT2D eigenvalue weighted by atomic mass is 9.96. The molecule has 0 saturated carbocycles. The van der Waals surface area contributed by atoms with Crippen molar-refractivity contribution in [2.24, 2.45) is 0 Å². The van der Waals surface area contributed by atoms with Crippen molar-refractivity contribution < 1.29 is 19.7 Å². The summed E-state index contributed by atoms with van der Waals surface area (Å²) in [6, 6.07) is 2.95. The number of cyclic esters (lactones) is 1. The van der Waals surface area contributed by atoms with Gasteiger partial charge in [0.05, 0.1) is 5.02 Å². The molecule has 4 nitrogen and oxygen atoms in total. The van der Waals surface area contributed by atoms with Crippen molar-refractivity contribution >= 4 is 17.6 Å². The summed E-state index contributed by atoms with van der Waals surface area (Å²) in [7, 11) is 0. The number of aliphatic hydroxyl groups is 1. The minimum Gasteiger partial charge on any atom is -0.505 e. The van der Waals surface area contributed by atoms with Crippen LogP contribution in [0.25, 0.3) is 0 Å². The minimum atomic E-state index is -0.930. The molecule has 0 aromatic heterocycles. The highest BCUT2D eigenvalue weighted by Gasteiger charge is 2.34. The van der Waals surface area contributed by atoms with Gasteiger partial charge in [-0.2, -0.15) is 0 Å². The van der Waals surface area contributed by atoms with Crippen LogP contribution >= 0.6 is 11.6 Å². The van der Waals surface area contributed by atoms with Crippen LogP contribution in [0.4, 0.5) is 0 Å². The number of ether oxygens (including phenoxy) is 1. The number of esters is 1. The van der Waals surface area contributed by atoms with Crippen molar-refractivity contribution in [3.05, 3.63) is 28.3 Å². The number of rotatable bonds is 0. The van der Waals surface area contributed by atoms with Gasteiger partial charge in [0.25, 0.3) is 0 Å². The largest absolute Gasteiger partial charge is 0.505 e. The molecule has 0 spiro atoms. The average molecular weight is 229 g/mol. The normalized spacial score (nSPS) is 24.6. The molecule has 1 heterocycles. The van der Waals surface area contributed by atoms with Gasteiger partial charge in [0.2, 0.25) is 0 Å². The van der Waals surface area contributed by atoms with Gasteiger partial charge in [-0.15, -0.1) is 0 Å². The van der Waals surface area contributed by atoms with Gasteiger partial charge in [-0.3, -0.25) is 0 Å². The Morgan fingerprint density at radius 2 is 2.13 bits per heavy atom. The first-order valence-corrected chi connectivity index (χ1v) is 4.80. The van der Waals surface area contributed by atoms with Crippen LogP contribution in [0.1, 0.15) is 28.9 Å². The van der Waals surface area contributed by atoms with E-state index in [1.807, 2.05) is 0 Å². The van der Waals surface area contributed by atoms with Crippen LogP contribution in [0.3, 0.4) is 0 Å². The Bertz CT molecular complexity index is 430. The van der Waals surface area contributed by atoms with Crippen molar-refractivity contribution in [2.45, 2.75) is 19.1 Å². The summed E-state index contributed by atoms with van der Waals surface area (Å²) in [5, 5.41) is 19.4. The van der Waals surface area contributed by atoms with Crippen molar-refractivity contribution in [1.82, 2.24) is 0 Å². The van der Waals surface area contributed by atoms with Gasteiger partial charge in [-0.05, 0) is 13.0 Å². The third kappa shape index (κ3) is 1.46. The van der Waals surface area contributed by atoms with Crippen molar-refractivity contribution in [3.8, 4) is 5.75 Å². The number of hydrogen-bond acceptors (Lipinski definition) is 4. The Morgan fingerprint density at radius 1 is 1.47 bits per heavy atom. The van der Waals surface area contributed by atoms with E-state index in [2.05, 4.69) is 0 Å². The molecular formula is C10H9ClO4. The summed E-state index contributed by atoms with van der Waals surface area (Å²) in [4.78, 5) is 11.5. The van der Waals surface area contributed by atoms with E-state index in [0.29, 0.717) is 5.56 Å². The second-order valence-electron chi connectivity index (χ2n) is 3.42. The van der Waals surface area contributed by atoms with E-state index < -0.39 is 18.2 Å². The van der Waals surface area contributed by atoms with E-state index in [4.69, 9.17) is 16.3 Å². The number of benzene rings is 1. The number of phenolic OH excluding ortho intramolecular Hbond substituents is 1. The first kappa shape index (κ1) is 10.3. The number of fused-ring (bicyclic) bond motifs is 1. The van der Waals surface area contributed by atoms with Gasteiger partial charge >= 0.3 is 5.97 Å². The zero-order valence-electron chi connectivity index (χ0n) is 7.90. The van der Waals surface area contributed by atoms with Crippen molar-refractivity contribution in [2.75, 3.05) is 0 Å². The number of carbonyl (C=O) groups is 1. The van der Waals surface area contributed by atoms with Gasteiger partial charge < -0.3 is 14.9 Å². The monoisotopic (exact) mass is 228 g/mol. The molecule has 1 aromatic carbocycles. The third-order valence-electron chi connectivity index (χ3n) is 2.42. The lowest BCUT2D eigenvalue weighted by molar-refractivity contribution is -0.0216. The lowest BCUT2D eigenvalue weighted by Gasteiger charge is -2.27. The fraction of sp³-hybridized carbons (Fsp3) is 0.300. The van der Waals surface area contributed by atoms with E-state index >= 15 is 0 Å². The molecular weight excluding hydrogens is 220 g/mol. The maximum Gasteiger partial charge on any atom is 0.342 e. The summed E-state index contributed by atoms with van der Waals surface area (Å²) in [6.45, 7) is 1.58. The Hall–Kier alpha value is -1.26. The zero-order chi connectivity index (χ0) is 11.2. The standard InChI is InChI=1S/C10H9ClO4/c1-4-8(12)5-2-3-6(11)9(13)7(5)10(14)15-4/h2-4,8,12-13H,1H3. The molecule has 0 fully saturated rings. The molecule has 2 N–H and O–H groups in total. The fourth-order valence-corrected chi connectivity index (χ4v) is 1.74. The molecule has 0 bridgehead atoms. The smallest absolute Gasteiger partial charge is 0.342 e. The molecule has 2 rings (SSSR count). The molecule has 15 heavy (non-hydrogen) atoms. The first-order chi connectivity index (χ1) is 7.02. The second-order valence-corrected chi connectivity index (χ2v) is 3.82. The van der Waals surface area contributed by atoms with Crippen LogP contribution in [-0.4, -0.2) is 22.3 Å². The molecule has 2 unspecified atom stereocenters. The summed E-state index contributed by atoms with van der Waals surface area (Å²) in [6.07, 6.45) is -1.55. The van der Waals surface area contributed by atoms with Crippen molar-refractivity contribution in [1.29, 1.82) is 0 Å². The molecule has 0 aliphatic carbocycles. The molecule has 0 amide bonds. The first-order valence-electron chi connectivity index (χ1n) is 4.42. The Labute approximate surface area is 91.1 Å². The number of carbonyl (C=O) groups excluding carboxylic acids is 1. The zero-order valence-corrected chi connectivity index (χ0v) is 8.65. The van der Waals surface area contributed by atoms with Gasteiger partial charge in [0.15, 0.2) is 0 Å². The summed E-state index contributed by atoms with van der Waals surface area (Å²) < 4.78 is 4.85.